The molecule has 3 heterocycles. The number of rotatable bonds is 5. The van der Waals surface area contributed by atoms with Crippen LogP contribution in [0, 0.1) is 6.92 Å². The molecule has 1 saturated heterocycles. The zero-order chi connectivity index (χ0) is 14.7. The SMILES string of the molecule is CCCN(CC1CCCCN1)c1nccn2nc(C)cc12. The highest BCUT2D eigenvalue weighted by Gasteiger charge is 2.19. The highest BCUT2D eigenvalue weighted by Crippen LogP contribution is 2.21. The van der Waals surface area contributed by atoms with Gasteiger partial charge in [0.1, 0.15) is 5.52 Å². The monoisotopic (exact) mass is 287 g/mol. The third-order valence-electron chi connectivity index (χ3n) is 4.14. The van der Waals surface area contributed by atoms with Gasteiger partial charge in [-0.1, -0.05) is 13.3 Å². The molecule has 2 aromatic rings. The van der Waals surface area contributed by atoms with Gasteiger partial charge in [-0.25, -0.2) is 9.50 Å². The fourth-order valence-electron chi connectivity index (χ4n) is 3.17. The average Bonchev–Trinajstić information content (AvgIpc) is 2.88. The Morgan fingerprint density at radius 3 is 3.10 bits per heavy atom. The highest BCUT2D eigenvalue weighted by molar-refractivity contribution is 5.69. The van der Waals surface area contributed by atoms with Crippen molar-refractivity contribution in [2.24, 2.45) is 0 Å². The number of hydrogen-bond acceptors (Lipinski definition) is 4. The molecule has 114 valence electrons. The average molecular weight is 287 g/mol. The highest BCUT2D eigenvalue weighted by atomic mass is 15.3. The summed E-state index contributed by atoms with van der Waals surface area (Å²) in [5, 5.41) is 8.14. The van der Waals surface area contributed by atoms with E-state index >= 15 is 0 Å². The minimum atomic E-state index is 0.580. The molecule has 0 bridgehead atoms. The molecule has 0 spiro atoms. The van der Waals surface area contributed by atoms with E-state index in [1.54, 1.807) is 0 Å². The van der Waals surface area contributed by atoms with Crippen LogP contribution in [0.5, 0.6) is 0 Å². The maximum atomic E-state index is 4.64. The first-order valence-electron chi connectivity index (χ1n) is 8.07. The van der Waals surface area contributed by atoms with Crippen molar-refractivity contribution in [3.8, 4) is 0 Å². The number of fused-ring (bicyclic) bond motifs is 1. The summed E-state index contributed by atoms with van der Waals surface area (Å²) < 4.78 is 1.94. The van der Waals surface area contributed by atoms with Crippen LogP contribution in [0.2, 0.25) is 0 Å². The van der Waals surface area contributed by atoms with E-state index in [0.717, 1.165) is 43.1 Å². The van der Waals surface area contributed by atoms with Crippen LogP contribution in [0.1, 0.15) is 38.3 Å². The fraction of sp³-hybridized carbons (Fsp3) is 0.625. The summed E-state index contributed by atoms with van der Waals surface area (Å²) in [6.07, 6.45) is 8.81. The number of nitrogens with zero attached hydrogens (tertiary/aromatic N) is 4. The maximum absolute atomic E-state index is 4.64. The van der Waals surface area contributed by atoms with E-state index in [0.29, 0.717) is 6.04 Å². The summed E-state index contributed by atoms with van der Waals surface area (Å²) in [6.45, 7) is 7.47. The van der Waals surface area contributed by atoms with Gasteiger partial charge in [0.05, 0.1) is 5.69 Å². The summed E-state index contributed by atoms with van der Waals surface area (Å²) in [5.74, 6) is 1.06. The summed E-state index contributed by atoms with van der Waals surface area (Å²) in [7, 11) is 0. The van der Waals surface area contributed by atoms with Gasteiger partial charge in [0.25, 0.3) is 0 Å². The van der Waals surface area contributed by atoms with Crippen molar-refractivity contribution in [2.75, 3.05) is 24.5 Å². The third-order valence-corrected chi connectivity index (χ3v) is 4.14. The van der Waals surface area contributed by atoms with Crippen LogP contribution < -0.4 is 10.2 Å². The van der Waals surface area contributed by atoms with Crippen molar-refractivity contribution in [3.63, 3.8) is 0 Å². The minimum Gasteiger partial charge on any atom is -0.353 e. The van der Waals surface area contributed by atoms with Crippen LogP contribution in [-0.4, -0.2) is 40.3 Å². The summed E-state index contributed by atoms with van der Waals surface area (Å²) >= 11 is 0. The summed E-state index contributed by atoms with van der Waals surface area (Å²) in [5.41, 5.74) is 2.15. The molecule has 1 unspecified atom stereocenters. The third kappa shape index (κ3) is 3.18. The molecule has 1 fully saturated rings. The number of nitrogens with one attached hydrogen (secondary N) is 1. The molecule has 21 heavy (non-hydrogen) atoms. The number of aryl methyl sites for hydroxylation is 1. The van der Waals surface area contributed by atoms with E-state index in [9.17, 15) is 0 Å². The first-order valence-corrected chi connectivity index (χ1v) is 8.07. The van der Waals surface area contributed by atoms with Crippen molar-refractivity contribution < 1.29 is 0 Å². The first kappa shape index (κ1) is 14.3. The Balaban J connectivity index is 1.87. The molecule has 5 heteroatoms. The second kappa shape index (κ2) is 6.43. The lowest BCUT2D eigenvalue weighted by molar-refractivity contribution is 0.398. The molecule has 0 saturated carbocycles. The Kier molecular flexibility index (Phi) is 4.39. The van der Waals surface area contributed by atoms with E-state index in [1.165, 1.54) is 19.3 Å². The largest absolute Gasteiger partial charge is 0.353 e. The van der Waals surface area contributed by atoms with Gasteiger partial charge < -0.3 is 10.2 Å². The lowest BCUT2D eigenvalue weighted by Gasteiger charge is -2.31. The fourth-order valence-corrected chi connectivity index (χ4v) is 3.17. The van der Waals surface area contributed by atoms with Gasteiger partial charge in [-0.3, -0.25) is 0 Å². The zero-order valence-electron chi connectivity index (χ0n) is 13.0. The zero-order valence-corrected chi connectivity index (χ0v) is 13.0. The van der Waals surface area contributed by atoms with Crippen LogP contribution >= 0.6 is 0 Å². The normalized spacial score (nSPS) is 19.0. The topological polar surface area (TPSA) is 45.5 Å². The maximum Gasteiger partial charge on any atom is 0.154 e. The van der Waals surface area contributed by atoms with Crippen molar-refractivity contribution >= 4 is 11.3 Å². The van der Waals surface area contributed by atoms with Gasteiger partial charge in [0.15, 0.2) is 5.82 Å². The van der Waals surface area contributed by atoms with Crippen molar-refractivity contribution in [2.45, 2.75) is 45.6 Å². The van der Waals surface area contributed by atoms with Gasteiger partial charge in [-0.15, -0.1) is 0 Å². The van der Waals surface area contributed by atoms with E-state index in [1.807, 2.05) is 23.8 Å². The molecule has 1 aliphatic heterocycles. The molecule has 0 radical (unpaired) electrons. The second-order valence-corrected chi connectivity index (χ2v) is 5.96. The summed E-state index contributed by atoms with van der Waals surface area (Å²) in [4.78, 5) is 7.06. The van der Waals surface area contributed by atoms with Crippen molar-refractivity contribution in [1.29, 1.82) is 0 Å². The van der Waals surface area contributed by atoms with Gasteiger partial charge in [-0.05, 0) is 38.8 Å². The van der Waals surface area contributed by atoms with E-state index in [4.69, 9.17) is 0 Å². The number of hydrogen-bond donors (Lipinski definition) is 1. The van der Waals surface area contributed by atoms with Gasteiger partial charge in [-0.2, -0.15) is 5.10 Å². The summed E-state index contributed by atoms with van der Waals surface area (Å²) in [6, 6.07) is 2.70. The predicted octanol–water partition coefficient (Wildman–Crippen LogP) is 2.40. The Labute approximate surface area is 126 Å². The number of aromatic nitrogens is 3. The van der Waals surface area contributed by atoms with Crippen LogP contribution in [0.3, 0.4) is 0 Å². The molecule has 2 aromatic heterocycles. The Bertz CT molecular complexity index is 585. The van der Waals surface area contributed by atoms with Crippen molar-refractivity contribution in [1.82, 2.24) is 19.9 Å². The van der Waals surface area contributed by atoms with Gasteiger partial charge in [0.2, 0.25) is 0 Å². The van der Waals surface area contributed by atoms with Crippen LogP contribution in [-0.2, 0) is 0 Å². The molecule has 0 amide bonds. The van der Waals surface area contributed by atoms with Gasteiger partial charge in [0, 0.05) is 31.5 Å². The quantitative estimate of drug-likeness (QED) is 0.917. The standard InChI is InChI=1S/C16H25N5/c1-3-9-20(12-14-6-4-5-7-17-14)16-15-11-13(2)19-21(15)10-8-18-16/h8,10-11,14,17H,3-7,9,12H2,1-2H3. The Morgan fingerprint density at radius 2 is 2.33 bits per heavy atom. The molecule has 1 aliphatic rings. The molecular weight excluding hydrogens is 262 g/mol. The lowest BCUT2D eigenvalue weighted by atomic mass is 10.0. The number of anilines is 1. The second-order valence-electron chi connectivity index (χ2n) is 5.96. The lowest BCUT2D eigenvalue weighted by Crippen LogP contribution is -2.44. The van der Waals surface area contributed by atoms with Crippen LogP contribution in [0.15, 0.2) is 18.5 Å². The predicted molar refractivity (Wildman–Crippen MR) is 85.9 cm³/mol. The minimum absolute atomic E-state index is 0.580. The molecule has 1 N–H and O–H groups in total. The number of piperidine rings is 1. The van der Waals surface area contributed by atoms with E-state index in [2.05, 4.69) is 33.3 Å². The molecular formula is C16H25N5. The van der Waals surface area contributed by atoms with Crippen molar-refractivity contribution in [3.05, 3.63) is 24.2 Å². The Morgan fingerprint density at radius 1 is 1.43 bits per heavy atom. The molecule has 0 aromatic carbocycles. The van der Waals surface area contributed by atoms with Crippen LogP contribution in [0.4, 0.5) is 5.82 Å². The smallest absolute Gasteiger partial charge is 0.154 e. The van der Waals surface area contributed by atoms with E-state index in [-0.39, 0.29) is 0 Å². The first-order chi connectivity index (χ1) is 10.3. The molecule has 3 rings (SSSR count). The molecule has 0 aliphatic carbocycles. The Hall–Kier alpha value is -1.62. The van der Waals surface area contributed by atoms with E-state index < -0.39 is 0 Å². The molecule has 1 atom stereocenters. The van der Waals surface area contributed by atoms with Gasteiger partial charge >= 0.3 is 0 Å². The van der Waals surface area contributed by atoms with Crippen LogP contribution in [0.25, 0.3) is 5.52 Å². The molecule has 5 nitrogen and oxygen atoms in total.